The van der Waals surface area contributed by atoms with Crippen LogP contribution in [0.4, 0.5) is 11.4 Å². The Bertz CT molecular complexity index is 756. The molecule has 0 radical (unpaired) electrons. The van der Waals surface area contributed by atoms with Crippen LogP contribution in [0.5, 0.6) is 0 Å². The minimum absolute atomic E-state index is 0.132. The van der Waals surface area contributed by atoms with Crippen molar-refractivity contribution in [1.82, 2.24) is 5.32 Å². The van der Waals surface area contributed by atoms with Crippen molar-refractivity contribution in [2.45, 2.75) is 33.1 Å². The average Bonchev–Trinajstić information content (AvgIpc) is 2.70. The molecular weight excluding hydrogens is 338 g/mol. The van der Waals surface area contributed by atoms with Crippen LogP contribution >= 0.6 is 0 Å². The summed E-state index contributed by atoms with van der Waals surface area (Å²) in [4.78, 5) is 26.7. The van der Waals surface area contributed by atoms with Crippen molar-refractivity contribution >= 4 is 23.2 Å². The predicted octanol–water partition coefficient (Wildman–Crippen LogP) is 4.32. The van der Waals surface area contributed by atoms with Gasteiger partial charge in [0.25, 0.3) is 11.8 Å². The number of rotatable bonds is 9. The molecule has 0 saturated carbocycles. The van der Waals surface area contributed by atoms with Crippen LogP contribution in [0.3, 0.4) is 0 Å². The van der Waals surface area contributed by atoms with Crippen LogP contribution in [0.25, 0.3) is 0 Å². The minimum atomic E-state index is -0.191. The lowest BCUT2D eigenvalue weighted by Gasteiger charge is -2.19. The molecule has 5 nitrogen and oxygen atoms in total. The molecule has 0 atom stereocenters. The van der Waals surface area contributed by atoms with E-state index < -0.39 is 0 Å². The summed E-state index contributed by atoms with van der Waals surface area (Å²) in [5, 5.41) is 5.70. The number of nitrogens with one attached hydrogen (secondary N) is 2. The summed E-state index contributed by atoms with van der Waals surface area (Å²) < 4.78 is 0. The van der Waals surface area contributed by atoms with Crippen molar-refractivity contribution in [3.8, 4) is 0 Å². The molecule has 0 fully saturated rings. The van der Waals surface area contributed by atoms with Gasteiger partial charge in [-0.25, -0.2) is 0 Å². The van der Waals surface area contributed by atoms with E-state index >= 15 is 0 Å². The number of amides is 2. The Morgan fingerprint density at radius 3 is 2.33 bits per heavy atom. The van der Waals surface area contributed by atoms with Crippen molar-refractivity contribution < 1.29 is 9.59 Å². The standard InChI is InChI=1S/C22H29N3O2/c1-4-6-15-25(3)20-12-10-17(11-13-20)22(27)24-19-9-7-8-18(16-19)21(26)23-14-5-2/h7-13,16H,4-6,14-15H2,1-3H3,(H,23,26)(H,24,27). The molecule has 0 heterocycles. The first-order valence-electron chi connectivity index (χ1n) is 9.56. The van der Waals surface area contributed by atoms with Gasteiger partial charge in [-0.05, 0) is 55.3 Å². The van der Waals surface area contributed by atoms with Crippen LogP contribution in [0.2, 0.25) is 0 Å². The van der Waals surface area contributed by atoms with Crippen molar-refractivity contribution in [3.05, 3.63) is 59.7 Å². The van der Waals surface area contributed by atoms with E-state index in [1.165, 1.54) is 0 Å². The van der Waals surface area contributed by atoms with Gasteiger partial charge in [0.2, 0.25) is 0 Å². The van der Waals surface area contributed by atoms with Gasteiger partial charge in [-0.15, -0.1) is 0 Å². The maximum Gasteiger partial charge on any atom is 0.255 e. The zero-order valence-corrected chi connectivity index (χ0v) is 16.4. The Morgan fingerprint density at radius 2 is 1.67 bits per heavy atom. The first-order chi connectivity index (χ1) is 13.0. The first kappa shape index (κ1) is 20.5. The van der Waals surface area contributed by atoms with E-state index in [1.807, 2.05) is 31.2 Å². The van der Waals surface area contributed by atoms with Crippen molar-refractivity contribution in [2.75, 3.05) is 30.4 Å². The van der Waals surface area contributed by atoms with Crippen LogP contribution in [0.15, 0.2) is 48.5 Å². The fraction of sp³-hybridized carbons (Fsp3) is 0.364. The highest BCUT2D eigenvalue weighted by Gasteiger charge is 2.10. The highest BCUT2D eigenvalue weighted by Crippen LogP contribution is 2.17. The summed E-state index contributed by atoms with van der Waals surface area (Å²) in [5.74, 6) is -0.323. The molecule has 0 aliphatic carbocycles. The fourth-order valence-electron chi connectivity index (χ4n) is 2.67. The van der Waals surface area contributed by atoms with E-state index in [1.54, 1.807) is 24.3 Å². The number of hydrogen-bond acceptors (Lipinski definition) is 3. The number of carbonyl (C=O) groups excluding carboxylic acids is 2. The van der Waals surface area contributed by atoms with Crippen LogP contribution < -0.4 is 15.5 Å². The Morgan fingerprint density at radius 1 is 0.926 bits per heavy atom. The molecule has 0 spiro atoms. The van der Waals surface area contributed by atoms with Crippen LogP contribution in [-0.4, -0.2) is 32.0 Å². The third kappa shape index (κ3) is 6.13. The molecule has 27 heavy (non-hydrogen) atoms. The summed E-state index contributed by atoms with van der Waals surface area (Å²) in [6.45, 7) is 5.80. The van der Waals surface area contributed by atoms with Crippen molar-refractivity contribution in [2.24, 2.45) is 0 Å². The van der Waals surface area contributed by atoms with Crippen LogP contribution in [-0.2, 0) is 0 Å². The Balaban J connectivity index is 2.01. The Hall–Kier alpha value is -2.82. The highest BCUT2D eigenvalue weighted by molar-refractivity contribution is 6.05. The van der Waals surface area contributed by atoms with E-state index in [9.17, 15) is 9.59 Å². The Kier molecular flexibility index (Phi) is 7.86. The van der Waals surface area contributed by atoms with Crippen molar-refractivity contribution in [1.29, 1.82) is 0 Å². The lowest BCUT2D eigenvalue weighted by atomic mass is 10.1. The predicted molar refractivity (Wildman–Crippen MR) is 112 cm³/mol. The number of benzene rings is 2. The lowest BCUT2D eigenvalue weighted by Crippen LogP contribution is -2.24. The zero-order valence-electron chi connectivity index (χ0n) is 16.4. The highest BCUT2D eigenvalue weighted by atomic mass is 16.2. The fourth-order valence-corrected chi connectivity index (χ4v) is 2.67. The monoisotopic (exact) mass is 367 g/mol. The van der Waals surface area contributed by atoms with Gasteiger partial charge >= 0.3 is 0 Å². The number of nitrogens with zero attached hydrogens (tertiary/aromatic N) is 1. The van der Waals surface area contributed by atoms with Gasteiger partial charge in [-0.3, -0.25) is 9.59 Å². The SMILES string of the molecule is CCCCN(C)c1ccc(C(=O)Nc2cccc(C(=O)NCCC)c2)cc1. The summed E-state index contributed by atoms with van der Waals surface area (Å²) in [7, 11) is 2.06. The maximum atomic E-state index is 12.5. The second kappa shape index (κ2) is 10.4. The summed E-state index contributed by atoms with van der Waals surface area (Å²) in [6.07, 6.45) is 3.17. The molecule has 5 heteroatoms. The second-order valence-electron chi connectivity index (χ2n) is 6.61. The van der Waals surface area contributed by atoms with Gasteiger partial charge in [0.1, 0.15) is 0 Å². The molecule has 0 saturated heterocycles. The summed E-state index contributed by atoms with van der Waals surface area (Å²) in [6, 6.07) is 14.5. The van der Waals surface area contributed by atoms with Gasteiger partial charge in [-0.1, -0.05) is 26.3 Å². The molecule has 0 bridgehead atoms. The quantitative estimate of drug-likeness (QED) is 0.694. The van der Waals surface area contributed by atoms with Gasteiger partial charge < -0.3 is 15.5 Å². The first-order valence-corrected chi connectivity index (χ1v) is 9.56. The number of carbonyl (C=O) groups is 2. The van der Waals surface area contributed by atoms with Gasteiger partial charge in [0.15, 0.2) is 0 Å². The molecule has 2 rings (SSSR count). The maximum absolute atomic E-state index is 12.5. The average molecular weight is 367 g/mol. The molecule has 2 amide bonds. The molecule has 144 valence electrons. The molecule has 0 aliphatic heterocycles. The van der Waals surface area contributed by atoms with Crippen LogP contribution in [0.1, 0.15) is 53.8 Å². The van der Waals surface area contributed by atoms with Crippen LogP contribution in [0, 0.1) is 0 Å². The van der Waals surface area contributed by atoms with E-state index in [-0.39, 0.29) is 11.8 Å². The van der Waals surface area contributed by atoms with E-state index in [0.29, 0.717) is 23.4 Å². The number of anilines is 2. The topological polar surface area (TPSA) is 61.4 Å². The number of hydrogen-bond donors (Lipinski definition) is 2. The van der Waals surface area contributed by atoms with Gasteiger partial charge in [-0.2, -0.15) is 0 Å². The molecule has 2 aromatic carbocycles. The molecular formula is C22H29N3O2. The van der Waals surface area contributed by atoms with E-state index in [0.717, 1.165) is 31.5 Å². The van der Waals surface area contributed by atoms with E-state index in [4.69, 9.17) is 0 Å². The van der Waals surface area contributed by atoms with Gasteiger partial charge in [0.05, 0.1) is 0 Å². The molecule has 2 aromatic rings. The smallest absolute Gasteiger partial charge is 0.255 e. The lowest BCUT2D eigenvalue weighted by molar-refractivity contribution is 0.0952. The molecule has 0 aromatic heterocycles. The zero-order chi connectivity index (χ0) is 19.6. The van der Waals surface area contributed by atoms with E-state index in [2.05, 4.69) is 29.5 Å². The van der Waals surface area contributed by atoms with Crippen molar-refractivity contribution in [3.63, 3.8) is 0 Å². The third-order valence-electron chi connectivity index (χ3n) is 4.34. The molecule has 0 aliphatic rings. The summed E-state index contributed by atoms with van der Waals surface area (Å²) in [5.41, 5.74) is 2.82. The third-order valence-corrected chi connectivity index (χ3v) is 4.34. The number of unbranched alkanes of at least 4 members (excludes halogenated alkanes) is 1. The normalized spacial score (nSPS) is 10.3. The minimum Gasteiger partial charge on any atom is -0.375 e. The van der Waals surface area contributed by atoms with Gasteiger partial charge in [0, 0.05) is 42.6 Å². The second-order valence-corrected chi connectivity index (χ2v) is 6.61. The molecule has 2 N–H and O–H groups in total. The molecule has 0 unspecified atom stereocenters. The largest absolute Gasteiger partial charge is 0.375 e. The Labute approximate surface area is 161 Å². The summed E-state index contributed by atoms with van der Waals surface area (Å²) >= 11 is 0.